The van der Waals surface area contributed by atoms with Gasteiger partial charge in [-0.1, -0.05) is 28.1 Å². The molecule has 108 valence electrons. The van der Waals surface area contributed by atoms with E-state index in [0.717, 1.165) is 9.37 Å². The number of hydrogen-bond acceptors (Lipinski definition) is 2. The van der Waals surface area contributed by atoms with Gasteiger partial charge in [-0.15, -0.1) is 12.4 Å². The number of likely N-dealkylation sites (N-methyl/N-ethyl adjacent to an activating group) is 1. The molecule has 19 heavy (non-hydrogen) atoms. The number of carbonyl (C=O) groups is 1. The number of amides is 1. The lowest BCUT2D eigenvalue weighted by molar-refractivity contribution is -0.137. The van der Waals surface area contributed by atoms with Crippen LogP contribution in [-0.4, -0.2) is 30.8 Å². The average molecular weight is 358 g/mol. The van der Waals surface area contributed by atoms with Crippen LogP contribution < -0.4 is 5.73 Å². The van der Waals surface area contributed by atoms with Crippen molar-refractivity contribution in [1.82, 2.24) is 4.90 Å². The Labute approximate surface area is 125 Å². The Bertz CT molecular complexity index is 426. The predicted octanol–water partition coefficient (Wildman–Crippen LogP) is 2.77. The highest BCUT2D eigenvalue weighted by Gasteiger charge is 2.33. The minimum absolute atomic E-state index is 0. The average Bonchev–Trinajstić information content (AvgIpc) is 2.27. The molecule has 1 atom stereocenters. The lowest BCUT2D eigenvalue weighted by Crippen LogP contribution is -2.50. The summed E-state index contributed by atoms with van der Waals surface area (Å²) < 4.78 is 25.4. The molecular weight excluding hydrogens is 341 g/mol. The summed E-state index contributed by atoms with van der Waals surface area (Å²) in [6, 6.07) is 6.89. The second kappa shape index (κ2) is 7.17. The Hall–Kier alpha value is -0.720. The summed E-state index contributed by atoms with van der Waals surface area (Å²) in [6.07, 6.45) is -2.57. The van der Waals surface area contributed by atoms with Crippen molar-refractivity contribution in [2.45, 2.75) is 18.9 Å². The first-order valence-corrected chi connectivity index (χ1v) is 6.13. The number of benzene rings is 1. The molecule has 0 spiro atoms. The molecule has 0 aliphatic heterocycles. The Kier molecular flexibility index (Phi) is 6.89. The van der Waals surface area contributed by atoms with E-state index >= 15 is 0 Å². The molecule has 0 saturated carbocycles. The molecule has 3 nitrogen and oxygen atoms in total. The summed E-state index contributed by atoms with van der Waals surface area (Å²) in [4.78, 5) is 13.0. The van der Waals surface area contributed by atoms with E-state index in [4.69, 9.17) is 5.73 Å². The summed E-state index contributed by atoms with van der Waals surface area (Å²) >= 11 is 3.28. The third kappa shape index (κ3) is 4.71. The molecule has 1 amide bonds. The van der Waals surface area contributed by atoms with Gasteiger partial charge >= 0.3 is 0 Å². The van der Waals surface area contributed by atoms with Gasteiger partial charge in [0, 0.05) is 11.5 Å². The van der Waals surface area contributed by atoms with Gasteiger partial charge in [0.15, 0.2) is 0 Å². The smallest absolute Gasteiger partial charge is 0.255 e. The topological polar surface area (TPSA) is 46.3 Å². The molecule has 1 aromatic rings. The first kappa shape index (κ1) is 18.3. The van der Waals surface area contributed by atoms with E-state index in [9.17, 15) is 13.6 Å². The minimum atomic E-state index is -2.57. The normalized spacial score (nSPS) is 13.6. The molecule has 2 N–H and O–H groups in total. The van der Waals surface area contributed by atoms with Crippen LogP contribution in [0.3, 0.4) is 0 Å². The van der Waals surface area contributed by atoms with Crippen LogP contribution in [0.15, 0.2) is 28.7 Å². The minimum Gasteiger partial charge on any atom is -0.338 e. The Morgan fingerprint density at radius 2 is 1.89 bits per heavy atom. The van der Waals surface area contributed by atoms with Crippen molar-refractivity contribution in [3.8, 4) is 0 Å². The van der Waals surface area contributed by atoms with E-state index in [2.05, 4.69) is 15.9 Å². The van der Waals surface area contributed by atoms with Crippen molar-refractivity contribution in [2.75, 3.05) is 13.6 Å². The van der Waals surface area contributed by atoms with Crippen LogP contribution in [-0.2, 0) is 10.3 Å². The van der Waals surface area contributed by atoms with E-state index in [0.29, 0.717) is 5.56 Å². The SMILES string of the molecule is CN(CC(F)F)C(=O)C(C)(N)c1ccc(Br)cc1.Cl. The molecule has 1 unspecified atom stereocenters. The zero-order valence-corrected chi connectivity index (χ0v) is 13.0. The highest BCUT2D eigenvalue weighted by atomic mass is 79.9. The van der Waals surface area contributed by atoms with Crippen molar-refractivity contribution in [3.05, 3.63) is 34.3 Å². The molecule has 0 aromatic heterocycles. The number of alkyl halides is 2. The summed E-state index contributed by atoms with van der Waals surface area (Å²) in [5.41, 5.74) is 5.22. The molecule has 1 aromatic carbocycles. The van der Waals surface area contributed by atoms with Crippen molar-refractivity contribution < 1.29 is 13.6 Å². The molecule has 0 heterocycles. The van der Waals surface area contributed by atoms with E-state index in [-0.39, 0.29) is 12.4 Å². The lowest BCUT2D eigenvalue weighted by Gasteiger charge is -2.29. The maximum atomic E-state index is 12.2. The van der Waals surface area contributed by atoms with Crippen LogP contribution in [0.1, 0.15) is 12.5 Å². The van der Waals surface area contributed by atoms with Crippen LogP contribution >= 0.6 is 28.3 Å². The van der Waals surface area contributed by atoms with Gasteiger partial charge in [-0.05, 0) is 24.6 Å². The largest absolute Gasteiger partial charge is 0.338 e. The number of carbonyl (C=O) groups excluding carboxylic acids is 1. The van der Waals surface area contributed by atoms with Gasteiger partial charge in [0.2, 0.25) is 5.91 Å². The zero-order valence-electron chi connectivity index (χ0n) is 10.6. The van der Waals surface area contributed by atoms with Gasteiger partial charge in [-0.25, -0.2) is 8.78 Å². The fraction of sp³-hybridized carbons (Fsp3) is 0.417. The highest BCUT2D eigenvalue weighted by molar-refractivity contribution is 9.10. The van der Waals surface area contributed by atoms with Crippen molar-refractivity contribution in [3.63, 3.8) is 0 Å². The summed E-state index contributed by atoms with van der Waals surface area (Å²) in [5.74, 6) is -0.537. The number of nitrogens with two attached hydrogens (primary N) is 1. The first-order valence-electron chi connectivity index (χ1n) is 5.33. The van der Waals surface area contributed by atoms with Gasteiger partial charge in [0.05, 0.1) is 6.54 Å². The summed E-state index contributed by atoms with van der Waals surface area (Å²) in [5, 5.41) is 0. The molecule has 0 fully saturated rings. The van der Waals surface area contributed by atoms with Crippen molar-refractivity contribution in [1.29, 1.82) is 0 Å². The quantitative estimate of drug-likeness (QED) is 0.900. The number of rotatable bonds is 4. The number of hydrogen-bond donors (Lipinski definition) is 1. The third-order valence-corrected chi connectivity index (χ3v) is 3.18. The molecule has 0 aliphatic rings. The van der Waals surface area contributed by atoms with Gasteiger partial charge in [0.25, 0.3) is 6.43 Å². The summed E-state index contributed by atoms with van der Waals surface area (Å²) in [7, 11) is 1.32. The maximum Gasteiger partial charge on any atom is 0.255 e. The Morgan fingerprint density at radius 1 is 1.42 bits per heavy atom. The van der Waals surface area contributed by atoms with Crippen LogP contribution in [0, 0.1) is 0 Å². The third-order valence-electron chi connectivity index (χ3n) is 2.65. The lowest BCUT2D eigenvalue weighted by atomic mass is 9.92. The van der Waals surface area contributed by atoms with E-state index < -0.39 is 24.4 Å². The van der Waals surface area contributed by atoms with Crippen LogP contribution in [0.25, 0.3) is 0 Å². The molecule has 0 saturated heterocycles. The van der Waals surface area contributed by atoms with E-state index in [1.807, 2.05) is 0 Å². The molecule has 0 radical (unpaired) electrons. The molecular formula is C12H16BrClF2N2O. The highest BCUT2D eigenvalue weighted by Crippen LogP contribution is 2.22. The molecule has 1 rings (SSSR count). The van der Waals surface area contributed by atoms with E-state index in [1.165, 1.54) is 14.0 Å². The second-order valence-corrected chi connectivity index (χ2v) is 5.20. The second-order valence-electron chi connectivity index (χ2n) is 4.29. The van der Waals surface area contributed by atoms with E-state index in [1.54, 1.807) is 24.3 Å². The van der Waals surface area contributed by atoms with Gasteiger partial charge in [-0.3, -0.25) is 4.79 Å². The molecule has 0 bridgehead atoms. The Morgan fingerprint density at radius 3 is 2.32 bits per heavy atom. The fourth-order valence-corrected chi connectivity index (χ4v) is 1.87. The first-order chi connectivity index (χ1) is 8.25. The van der Waals surface area contributed by atoms with Crippen molar-refractivity contribution in [2.24, 2.45) is 5.73 Å². The summed E-state index contributed by atoms with van der Waals surface area (Å²) in [6.45, 7) is 0.892. The predicted molar refractivity (Wildman–Crippen MR) is 76.6 cm³/mol. The fourth-order valence-electron chi connectivity index (χ4n) is 1.61. The van der Waals surface area contributed by atoms with Crippen LogP contribution in [0.5, 0.6) is 0 Å². The van der Waals surface area contributed by atoms with Gasteiger partial charge in [0.1, 0.15) is 5.54 Å². The van der Waals surface area contributed by atoms with Crippen LogP contribution in [0.2, 0.25) is 0 Å². The number of halogens is 4. The standard InChI is InChI=1S/C12H15BrF2N2O.ClH/c1-12(16,8-3-5-9(13)6-4-8)11(18)17(2)7-10(14)15;/h3-6,10H,7,16H2,1-2H3;1H. The van der Waals surface area contributed by atoms with Gasteiger partial charge < -0.3 is 10.6 Å². The van der Waals surface area contributed by atoms with Gasteiger partial charge in [-0.2, -0.15) is 0 Å². The van der Waals surface area contributed by atoms with Crippen molar-refractivity contribution >= 4 is 34.2 Å². The Balaban J connectivity index is 0.00000324. The number of nitrogens with zero attached hydrogens (tertiary/aromatic N) is 1. The maximum absolute atomic E-state index is 12.2. The molecule has 7 heteroatoms. The monoisotopic (exact) mass is 356 g/mol. The molecule has 0 aliphatic carbocycles. The zero-order chi connectivity index (χ0) is 13.9. The van der Waals surface area contributed by atoms with Crippen LogP contribution in [0.4, 0.5) is 8.78 Å².